The van der Waals surface area contributed by atoms with Crippen molar-refractivity contribution in [1.82, 2.24) is 0 Å². The van der Waals surface area contributed by atoms with Crippen LogP contribution in [0.4, 0.5) is 18.9 Å². The highest BCUT2D eigenvalue weighted by molar-refractivity contribution is 6.30. The molecule has 6 heteroatoms. The fourth-order valence-electron chi connectivity index (χ4n) is 1.70. The average molecular weight is 316 g/mol. The Morgan fingerprint density at radius 3 is 2.38 bits per heavy atom. The van der Waals surface area contributed by atoms with Gasteiger partial charge in [0.05, 0.1) is 5.56 Å². The zero-order valence-electron chi connectivity index (χ0n) is 11.0. The summed E-state index contributed by atoms with van der Waals surface area (Å²) < 4.78 is 42.5. The van der Waals surface area contributed by atoms with Gasteiger partial charge in [-0.05, 0) is 42.5 Å². The summed E-state index contributed by atoms with van der Waals surface area (Å²) in [6.07, 6.45) is -4.33. The molecule has 0 spiro atoms. The molecule has 0 amide bonds. The van der Waals surface area contributed by atoms with Gasteiger partial charge in [0, 0.05) is 17.3 Å². The first-order valence-corrected chi connectivity index (χ1v) is 6.62. The van der Waals surface area contributed by atoms with Gasteiger partial charge in [-0.15, -0.1) is 0 Å². The third-order valence-electron chi connectivity index (χ3n) is 2.71. The van der Waals surface area contributed by atoms with Gasteiger partial charge in [0.1, 0.15) is 12.4 Å². The minimum Gasteiger partial charge on any atom is -0.492 e. The molecule has 2 rings (SSSR count). The first-order chi connectivity index (χ1) is 9.95. The van der Waals surface area contributed by atoms with E-state index in [1.165, 1.54) is 12.1 Å². The van der Waals surface area contributed by atoms with E-state index in [0.29, 0.717) is 23.9 Å². The van der Waals surface area contributed by atoms with Crippen molar-refractivity contribution in [3.05, 3.63) is 59.1 Å². The van der Waals surface area contributed by atoms with Gasteiger partial charge in [0.25, 0.3) is 0 Å². The summed E-state index contributed by atoms with van der Waals surface area (Å²) in [6, 6.07) is 11.8. The van der Waals surface area contributed by atoms with Crippen molar-refractivity contribution in [1.29, 1.82) is 0 Å². The molecule has 0 aliphatic heterocycles. The Balaban J connectivity index is 1.79. The van der Waals surface area contributed by atoms with Crippen LogP contribution in [-0.4, -0.2) is 13.2 Å². The Morgan fingerprint density at radius 1 is 1.05 bits per heavy atom. The molecule has 2 nitrogen and oxygen atoms in total. The lowest BCUT2D eigenvalue weighted by atomic mass is 10.2. The van der Waals surface area contributed by atoms with Crippen molar-refractivity contribution >= 4 is 17.3 Å². The lowest BCUT2D eigenvalue weighted by Gasteiger charge is -2.10. The highest BCUT2D eigenvalue weighted by Gasteiger charge is 2.29. The van der Waals surface area contributed by atoms with Crippen molar-refractivity contribution < 1.29 is 17.9 Å². The van der Waals surface area contributed by atoms with Crippen molar-refractivity contribution in [3.63, 3.8) is 0 Å². The van der Waals surface area contributed by atoms with E-state index in [2.05, 4.69) is 5.32 Å². The van der Waals surface area contributed by atoms with E-state index in [9.17, 15) is 13.2 Å². The molecule has 0 unspecified atom stereocenters. The zero-order chi connectivity index (χ0) is 15.3. The summed E-state index contributed by atoms with van der Waals surface area (Å²) in [6.45, 7) is 0.846. The van der Waals surface area contributed by atoms with Crippen LogP contribution in [0.15, 0.2) is 48.5 Å². The fraction of sp³-hybridized carbons (Fsp3) is 0.200. The van der Waals surface area contributed by atoms with Crippen molar-refractivity contribution in [3.8, 4) is 5.75 Å². The van der Waals surface area contributed by atoms with Crippen LogP contribution < -0.4 is 10.1 Å². The maximum atomic E-state index is 12.4. The quantitative estimate of drug-likeness (QED) is 0.796. The van der Waals surface area contributed by atoms with Crippen LogP contribution in [0.25, 0.3) is 0 Å². The Labute approximate surface area is 125 Å². The third-order valence-corrected chi connectivity index (χ3v) is 2.94. The third kappa shape index (κ3) is 4.86. The maximum absolute atomic E-state index is 12.4. The van der Waals surface area contributed by atoms with E-state index >= 15 is 0 Å². The Kier molecular flexibility index (Phi) is 4.96. The molecule has 0 bridgehead atoms. The van der Waals surface area contributed by atoms with Gasteiger partial charge >= 0.3 is 6.18 Å². The summed E-state index contributed by atoms with van der Waals surface area (Å²) in [5.41, 5.74) is 0.172. The number of ether oxygens (including phenoxy) is 1. The fourth-order valence-corrected chi connectivity index (χ4v) is 1.89. The van der Waals surface area contributed by atoms with E-state index in [-0.39, 0.29) is 0 Å². The smallest absolute Gasteiger partial charge is 0.416 e. The molecule has 0 aromatic heterocycles. The number of alkyl halides is 3. The number of benzene rings is 2. The summed E-state index contributed by atoms with van der Waals surface area (Å²) >= 11 is 5.84. The average Bonchev–Trinajstić information content (AvgIpc) is 2.43. The van der Waals surface area contributed by atoms with Gasteiger partial charge in [-0.2, -0.15) is 13.2 Å². The van der Waals surface area contributed by atoms with Gasteiger partial charge < -0.3 is 10.1 Å². The van der Waals surface area contributed by atoms with Gasteiger partial charge in [0.15, 0.2) is 0 Å². The molecule has 0 heterocycles. The summed E-state index contributed by atoms with van der Waals surface area (Å²) in [5.74, 6) is 0.399. The lowest BCUT2D eigenvalue weighted by molar-refractivity contribution is -0.137. The number of rotatable bonds is 5. The molecule has 0 aliphatic carbocycles. The van der Waals surface area contributed by atoms with E-state index in [4.69, 9.17) is 16.3 Å². The monoisotopic (exact) mass is 315 g/mol. The molecule has 0 saturated carbocycles. The lowest BCUT2D eigenvalue weighted by Crippen LogP contribution is -2.11. The SMILES string of the molecule is FC(F)(F)c1ccc(OCCNc2cccc(Cl)c2)cc1. The van der Waals surface area contributed by atoms with Crippen LogP contribution in [0.1, 0.15) is 5.56 Å². The maximum Gasteiger partial charge on any atom is 0.416 e. The predicted molar refractivity (Wildman–Crippen MR) is 76.9 cm³/mol. The van der Waals surface area contributed by atoms with Crippen LogP contribution in [0.5, 0.6) is 5.75 Å². The minimum absolute atomic E-state index is 0.331. The van der Waals surface area contributed by atoms with Crippen LogP contribution in [0.2, 0.25) is 5.02 Å². The molecule has 0 saturated heterocycles. The van der Waals surface area contributed by atoms with Gasteiger partial charge in [-0.3, -0.25) is 0 Å². The second kappa shape index (κ2) is 6.72. The van der Waals surface area contributed by atoms with E-state index in [1.54, 1.807) is 12.1 Å². The van der Waals surface area contributed by atoms with E-state index in [0.717, 1.165) is 17.8 Å². The van der Waals surface area contributed by atoms with Crippen LogP contribution in [-0.2, 0) is 6.18 Å². The summed E-state index contributed by atoms with van der Waals surface area (Å²) in [7, 11) is 0. The highest BCUT2D eigenvalue weighted by atomic mass is 35.5. The zero-order valence-corrected chi connectivity index (χ0v) is 11.7. The number of hydrogen-bond donors (Lipinski definition) is 1. The normalized spacial score (nSPS) is 11.2. The number of anilines is 1. The largest absolute Gasteiger partial charge is 0.492 e. The molecule has 112 valence electrons. The molecule has 0 aliphatic rings. The number of halogens is 4. The second-order valence-electron chi connectivity index (χ2n) is 4.31. The summed E-state index contributed by atoms with van der Waals surface area (Å²) in [4.78, 5) is 0. The molecule has 2 aromatic carbocycles. The second-order valence-corrected chi connectivity index (χ2v) is 4.74. The highest BCUT2D eigenvalue weighted by Crippen LogP contribution is 2.30. The Bertz CT molecular complexity index is 584. The first kappa shape index (κ1) is 15.5. The van der Waals surface area contributed by atoms with Crippen LogP contribution in [0.3, 0.4) is 0 Å². The van der Waals surface area contributed by atoms with Crippen LogP contribution in [0, 0.1) is 0 Å². The molecule has 21 heavy (non-hydrogen) atoms. The molecule has 0 fully saturated rings. The molecular weight excluding hydrogens is 303 g/mol. The molecule has 0 atom stereocenters. The standard InChI is InChI=1S/C15H13ClF3NO/c16-12-2-1-3-13(10-12)20-8-9-21-14-6-4-11(5-7-14)15(17,18)19/h1-7,10,20H,8-9H2. The van der Waals surface area contributed by atoms with Gasteiger partial charge in [0.2, 0.25) is 0 Å². The molecule has 2 aromatic rings. The van der Waals surface area contributed by atoms with Gasteiger partial charge in [-0.25, -0.2) is 0 Å². The van der Waals surface area contributed by atoms with Crippen molar-refractivity contribution in [2.45, 2.75) is 6.18 Å². The number of nitrogens with one attached hydrogen (secondary N) is 1. The molecule has 1 N–H and O–H groups in total. The van der Waals surface area contributed by atoms with Gasteiger partial charge in [-0.1, -0.05) is 17.7 Å². The predicted octanol–water partition coefficient (Wildman–Crippen LogP) is 4.85. The minimum atomic E-state index is -4.33. The Hall–Kier alpha value is -1.88. The van der Waals surface area contributed by atoms with Crippen molar-refractivity contribution in [2.24, 2.45) is 0 Å². The van der Waals surface area contributed by atoms with Crippen LogP contribution >= 0.6 is 11.6 Å². The van der Waals surface area contributed by atoms with E-state index < -0.39 is 11.7 Å². The molecule has 0 radical (unpaired) electrons. The number of hydrogen-bond acceptors (Lipinski definition) is 2. The molecular formula is C15H13ClF3NO. The van der Waals surface area contributed by atoms with Crippen molar-refractivity contribution in [2.75, 3.05) is 18.5 Å². The first-order valence-electron chi connectivity index (χ1n) is 6.25. The Morgan fingerprint density at radius 2 is 1.76 bits per heavy atom. The van der Waals surface area contributed by atoms with E-state index in [1.807, 2.05) is 12.1 Å². The summed E-state index contributed by atoms with van der Waals surface area (Å²) in [5, 5.41) is 3.73. The topological polar surface area (TPSA) is 21.3 Å².